The Hall–Kier alpha value is -1.96. The third kappa shape index (κ3) is 3.44. The van der Waals surface area contributed by atoms with Crippen molar-refractivity contribution in [3.63, 3.8) is 0 Å². The Morgan fingerprint density at radius 1 is 1.45 bits per heavy atom. The van der Waals surface area contributed by atoms with Gasteiger partial charge in [-0.1, -0.05) is 25.0 Å². The van der Waals surface area contributed by atoms with Crippen molar-refractivity contribution in [3.05, 3.63) is 11.9 Å². The third-order valence-corrected chi connectivity index (χ3v) is 3.92. The molecular weight excluding hydrogens is 284 g/mol. The van der Waals surface area contributed by atoms with E-state index in [0.717, 1.165) is 12.8 Å². The number of amides is 2. The summed E-state index contributed by atoms with van der Waals surface area (Å²) in [4.78, 5) is 28.3. The van der Waals surface area contributed by atoms with E-state index in [1.54, 1.807) is 27.7 Å². The summed E-state index contributed by atoms with van der Waals surface area (Å²) in [6, 6.07) is -0.397. The molecule has 8 nitrogen and oxygen atoms in total. The van der Waals surface area contributed by atoms with Gasteiger partial charge in [0.15, 0.2) is 5.69 Å². The summed E-state index contributed by atoms with van der Waals surface area (Å²) in [6.45, 7) is 4.09. The van der Waals surface area contributed by atoms with E-state index >= 15 is 0 Å². The number of aromatic nitrogens is 3. The number of nitrogens with zero attached hydrogens (tertiary/aromatic N) is 5. The third-order valence-electron chi connectivity index (χ3n) is 3.92. The van der Waals surface area contributed by atoms with Crippen LogP contribution in [0.3, 0.4) is 0 Å². The number of hydrogen-bond acceptors (Lipinski definition) is 5. The Morgan fingerprint density at radius 3 is 2.91 bits per heavy atom. The topological polar surface area (TPSA) is 97.4 Å². The number of carbonyl (C=O) groups excluding carboxylic acids is 2. The second-order valence-corrected chi connectivity index (χ2v) is 5.57. The smallest absolute Gasteiger partial charge is 0.276 e. The van der Waals surface area contributed by atoms with Crippen LogP contribution in [0, 0.1) is 0 Å². The van der Waals surface area contributed by atoms with Crippen molar-refractivity contribution in [1.29, 1.82) is 0 Å². The standard InChI is InChI=1S/C14H24N6O2/c1-3-4-5-12-14(22)18(2)8-9-20(12)13(21)11-10-19(7-6-15)17-16-11/h10,12H,3-9,15H2,1-2H3. The number of carbonyl (C=O) groups is 2. The van der Waals surface area contributed by atoms with Crippen LogP contribution < -0.4 is 5.73 Å². The van der Waals surface area contributed by atoms with Gasteiger partial charge in [-0.3, -0.25) is 14.3 Å². The lowest BCUT2D eigenvalue weighted by Gasteiger charge is -2.38. The zero-order valence-electron chi connectivity index (χ0n) is 13.2. The van der Waals surface area contributed by atoms with Crippen LogP contribution in [0.25, 0.3) is 0 Å². The van der Waals surface area contributed by atoms with Crippen molar-refractivity contribution >= 4 is 11.8 Å². The Labute approximate surface area is 130 Å². The maximum Gasteiger partial charge on any atom is 0.276 e. The molecule has 0 aliphatic carbocycles. The van der Waals surface area contributed by atoms with E-state index in [9.17, 15) is 9.59 Å². The Kier molecular flexibility index (Phi) is 5.48. The first-order valence-electron chi connectivity index (χ1n) is 7.74. The quantitative estimate of drug-likeness (QED) is 0.779. The van der Waals surface area contributed by atoms with Crippen molar-refractivity contribution in [3.8, 4) is 0 Å². The molecule has 1 aliphatic rings. The molecule has 1 fully saturated rings. The van der Waals surface area contributed by atoms with Crippen LogP contribution in [0.5, 0.6) is 0 Å². The molecule has 0 saturated carbocycles. The summed E-state index contributed by atoms with van der Waals surface area (Å²) in [6.07, 6.45) is 4.17. The molecule has 0 aromatic carbocycles. The van der Waals surface area contributed by atoms with E-state index < -0.39 is 6.04 Å². The minimum Gasteiger partial charge on any atom is -0.342 e. The molecule has 1 unspecified atom stereocenters. The highest BCUT2D eigenvalue weighted by atomic mass is 16.2. The van der Waals surface area contributed by atoms with Crippen molar-refractivity contribution in [2.24, 2.45) is 5.73 Å². The number of nitrogens with two attached hydrogens (primary N) is 1. The van der Waals surface area contributed by atoms with Gasteiger partial charge in [-0.15, -0.1) is 5.10 Å². The van der Waals surface area contributed by atoms with Crippen molar-refractivity contribution in [2.45, 2.75) is 38.8 Å². The molecular formula is C14H24N6O2. The minimum atomic E-state index is -0.397. The first-order valence-corrected chi connectivity index (χ1v) is 7.74. The van der Waals surface area contributed by atoms with Crippen LogP contribution in [0.15, 0.2) is 6.20 Å². The van der Waals surface area contributed by atoms with Gasteiger partial charge in [0.1, 0.15) is 6.04 Å². The predicted octanol–water partition coefficient (Wildman–Crippen LogP) is -0.290. The van der Waals surface area contributed by atoms with E-state index in [4.69, 9.17) is 5.73 Å². The molecule has 122 valence electrons. The van der Waals surface area contributed by atoms with Gasteiger partial charge in [0.2, 0.25) is 5.91 Å². The molecule has 0 radical (unpaired) electrons. The van der Waals surface area contributed by atoms with Gasteiger partial charge < -0.3 is 15.5 Å². The highest BCUT2D eigenvalue weighted by Gasteiger charge is 2.36. The zero-order chi connectivity index (χ0) is 16.1. The number of piperazine rings is 1. The van der Waals surface area contributed by atoms with E-state index in [1.807, 2.05) is 0 Å². The van der Waals surface area contributed by atoms with Crippen LogP contribution in [-0.4, -0.2) is 69.3 Å². The highest BCUT2D eigenvalue weighted by molar-refractivity contribution is 5.96. The minimum absolute atomic E-state index is 0.00222. The molecule has 1 atom stereocenters. The molecule has 2 N–H and O–H groups in total. The molecule has 8 heteroatoms. The fourth-order valence-electron chi connectivity index (χ4n) is 2.62. The lowest BCUT2D eigenvalue weighted by Crippen LogP contribution is -2.57. The van der Waals surface area contributed by atoms with E-state index in [1.165, 1.54) is 0 Å². The van der Waals surface area contributed by atoms with Crippen molar-refractivity contribution in [2.75, 3.05) is 26.7 Å². The van der Waals surface area contributed by atoms with E-state index in [2.05, 4.69) is 17.2 Å². The van der Waals surface area contributed by atoms with Crippen LogP contribution in [0.4, 0.5) is 0 Å². The van der Waals surface area contributed by atoms with E-state index in [-0.39, 0.29) is 17.5 Å². The van der Waals surface area contributed by atoms with Gasteiger partial charge in [0.05, 0.1) is 12.7 Å². The normalized spacial score (nSPS) is 18.9. The van der Waals surface area contributed by atoms with Crippen LogP contribution >= 0.6 is 0 Å². The lowest BCUT2D eigenvalue weighted by atomic mass is 10.0. The van der Waals surface area contributed by atoms with Crippen molar-refractivity contribution < 1.29 is 9.59 Å². The summed E-state index contributed by atoms with van der Waals surface area (Å²) in [5.74, 6) is -0.228. The number of unbranched alkanes of at least 4 members (excludes halogenated alkanes) is 1. The summed E-state index contributed by atoms with van der Waals surface area (Å²) in [7, 11) is 1.78. The monoisotopic (exact) mass is 308 g/mol. The summed E-state index contributed by atoms with van der Waals surface area (Å²) < 4.78 is 1.55. The van der Waals surface area contributed by atoms with Gasteiger partial charge in [-0.2, -0.15) is 0 Å². The number of hydrogen-bond donors (Lipinski definition) is 1. The fourth-order valence-corrected chi connectivity index (χ4v) is 2.62. The first-order chi connectivity index (χ1) is 10.6. The Morgan fingerprint density at radius 2 is 2.23 bits per heavy atom. The summed E-state index contributed by atoms with van der Waals surface area (Å²) in [5.41, 5.74) is 5.74. The molecule has 2 amide bonds. The van der Waals surface area contributed by atoms with Gasteiger partial charge in [-0.05, 0) is 6.42 Å². The van der Waals surface area contributed by atoms with Crippen LogP contribution in [0.2, 0.25) is 0 Å². The number of likely N-dealkylation sites (N-methyl/N-ethyl adjacent to an activating group) is 1. The second kappa shape index (κ2) is 7.35. The van der Waals surface area contributed by atoms with Gasteiger partial charge in [0, 0.05) is 26.7 Å². The molecule has 0 spiro atoms. The fraction of sp³-hybridized carbons (Fsp3) is 0.714. The summed E-state index contributed by atoms with van der Waals surface area (Å²) >= 11 is 0. The molecule has 1 aromatic rings. The Bertz CT molecular complexity index is 529. The van der Waals surface area contributed by atoms with Gasteiger partial charge >= 0.3 is 0 Å². The molecule has 1 aliphatic heterocycles. The second-order valence-electron chi connectivity index (χ2n) is 5.57. The average molecular weight is 308 g/mol. The maximum atomic E-state index is 12.7. The zero-order valence-corrected chi connectivity index (χ0v) is 13.2. The van der Waals surface area contributed by atoms with Gasteiger partial charge in [0.25, 0.3) is 5.91 Å². The number of rotatable bonds is 6. The first kappa shape index (κ1) is 16.4. The van der Waals surface area contributed by atoms with Gasteiger partial charge in [-0.25, -0.2) is 0 Å². The molecule has 2 heterocycles. The molecule has 1 saturated heterocycles. The SMILES string of the molecule is CCCCC1C(=O)N(C)CCN1C(=O)c1cn(CCN)nn1. The largest absolute Gasteiger partial charge is 0.342 e. The highest BCUT2D eigenvalue weighted by Crippen LogP contribution is 2.18. The Balaban J connectivity index is 2.15. The van der Waals surface area contributed by atoms with E-state index in [0.29, 0.717) is 32.6 Å². The predicted molar refractivity (Wildman–Crippen MR) is 81.1 cm³/mol. The van der Waals surface area contributed by atoms with Crippen molar-refractivity contribution in [1.82, 2.24) is 24.8 Å². The molecule has 1 aromatic heterocycles. The molecule has 2 rings (SSSR count). The van der Waals surface area contributed by atoms with Crippen LogP contribution in [0.1, 0.15) is 36.7 Å². The average Bonchev–Trinajstić information content (AvgIpc) is 2.97. The molecule has 22 heavy (non-hydrogen) atoms. The summed E-state index contributed by atoms with van der Waals surface area (Å²) in [5, 5.41) is 7.80. The van der Waals surface area contributed by atoms with Crippen LogP contribution in [-0.2, 0) is 11.3 Å². The molecule has 0 bridgehead atoms. The lowest BCUT2D eigenvalue weighted by molar-refractivity contribution is -0.138. The maximum absolute atomic E-state index is 12.7.